The predicted molar refractivity (Wildman–Crippen MR) is 38.3 cm³/mol. The smallest absolute Gasteiger partial charge is 0.00964 e. The van der Waals surface area contributed by atoms with E-state index in [9.17, 15) is 0 Å². The molecule has 9 heavy (non-hydrogen) atoms. The number of hydrogen-bond donors (Lipinski definition) is 0. The average Bonchev–Trinajstić information content (AvgIpc) is 2.47. The van der Waals surface area contributed by atoms with Crippen LogP contribution in [0.25, 0.3) is 0 Å². The Morgan fingerprint density at radius 3 is 2.56 bits per heavy atom. The minimum Gasteiger partial charge on any atom is -0.0922 e. The van der Waals surface area contributed by atoms with Gasteiger partial charge in [0, 0.05) is 5.33 Å². The van der Waals surface area contributed by atoms with Crippen molar-refractivity contribution >= 4 is 15.9 Å². The van der Waals surface area contributed by atoms with Crippen molar-refractivity contribution in [2.24, 2.45) is 35.0 Å². The topological polar surface area (TPSA) is 0 Å². The molecule has 0 N–H and O–H groups in total. The SMILES string of the molecule is BrCC12C3CC4C(C41)C32. The zero-order chi connectivity index (χ0) is 5.80. The first-order valence-electron chi connectivity index (χ1n) is 3.97. The second-order valence-electron chi connectivity index (χ2n) is 4.38. The quantitative estimate of drug-likeness (QED) is 0.547. The van der Waals surface area contributed by atoms with Crippen molar-refractivity contribution in [1.82, 2.24) is 0 Å². The maximum absolute atomic E-state index is 3.66. The van der Waals surface area contributed by atoms with E-state index in [1.165, 1.54) is 34.9 Å². The van der Waals surface area contributed by atoms with Crippen molar-refractivity contribution in [1.29, 1.82) is 0 Å². The van der Waals surface area contributed by atoms with Crippen molar-refractivity contribution in [2.45, 2.75) is 6.42 Å². The summed E-state index contributed by atoms with van der Waals surface area (Å²) >= 11 is 3.66. The van der Waals surface area contributed by atoms with Gasteiger partial charge in [0.1, 0.15) is 0 Å². The highest BCUT2D eigenvalue weighted by molar-refractivity contribution is 9.09. The van der Waals surface area contributed by atoms with Gasteiger partial charge in [-0.3, -0.25) is 0 Å². The molecule has 2 bridgehead atoms. The summed E-state index contributed by atoms with van der Waals surface area (Å²) in [6, 6.07) is 0. The van der Waals surface area contributed by atoms with Crippen molar-refractivity contribution in [3.8, 4) is 0 Å². The molecule has 5 saturated carbocycles. The molecule has 5 fully saturated rings. The molecule has 5 rings (SSSR count). The monoisotopic (exact) mass is 184 g/mol. The molecule has 0 aliphatic heterocycles. The van der Waals surface area contributed by atoms with Gasteiger partial charge in [0.15, 0.2) is 0 Å². The third-order valence-corrected chi connectivity index (χ3v) is 5.63. The molecule has 0 aromatic heterocycles. The molecular weight excluding hydrogens is 176 g/mol. The highest BCUT2D eigenvalue weighted by Crippen LogP contribution is 2.98. The van der Waals surface area contributed by atoms with Gasteiger partial charge in [0.2, 0.25) is 0 Å². The third kappa shape index (κ3) is 0.207. The molecule has 0 heterocycles. The van der Waals surface area contributed by atoms with E-state index in [0.29, 0.717) is 0 Å². The summed E-state index contributed by atoms with van der Waals surface area (Å²) in [6.07, 6.45) is 1.62. The minimum atomic E-state index is 0.912. The lowest BCUT2D eigenvalue weighted by atomic mass is 9.87. The first-order valence-corrected chi connectivity index (χ1v) is 5.09. The Labute approximate surface area is 63.1 Å². The highest BCUT2D eigenvalue weighted by Gasteiger charge is 2.95. The van der Waals surface area contributed by atoms with E-state index in [1.807, 2.05) is 0 Å². The normalized spacial score (nSPS) is 85.7. The van der Waals surface area contributed by atoms with Crippen LogP contribution in [0.4, 0.5) is 0 Å². The van der Waals surface area contributed by atoms with Gasteiger partial charge < -0.3 is 0 Å². The van der Waals surface area contributed by atoms with Crippen LogP contribution < -0.4 is 0 Å². The second-order valence-corrected chi connectivity index (χ2v) is 4.94. The first kappa shape index (κ1) is 4.38. The third-order valence-electron chi connectivity index (χ3n) is 4.66. The fourth-order valence-electron chi connectivity index (χ4n) is 4.44. The van der Waals surface area contributed by atoms with Gasteiger partial charge in [-0.15, -0.1) is 0 Å². The van der Waals surface area contributed by atoms with E-state index < -0.39 is 0 Å². The summed E-state index contributed by atoms with van der Waals surface area (Å²) in [5.74, 6) is 6.15. The largest absolute Gasteiger partial charge is 0.0922 e. The van der Waals surface area contributed by atoms with Crippen molar-refractivity contribution in [2.75, 3.05) is 5.33 Å². The molecule has 0 spiro atoms. The van der Waals surface area contributed by atoms with Gasteiger partial charge in [-0.05, 0) is 41.4 Å². The Balaban J connectivity index is 1.95. The van der Waals surface area contributed by atoms with Crippen molar-refractivity contribution < 1.29 is 0 Å². The Morgan fingerprint density at radius 1 is 1.44 bits per heavy atom. The molecule has 48 valence electrons. The Morgan fingerprint density at radius 2 is 2.33 bits per heavy atom. The molecule has 6 atom stereocenters. The van der Waals surface area contributed by atoms with Gasteiger partial charge >= 0.3 is 0 Å². The van der Waals surface area contributed by atoms with Crippen LogP contribution in [-0.4, -0.2) is 5.33 Å². The Kier molecular flexibility index (Phi) is 0.419. The van der Waals surface area contributed by atoms with E-state index in [-0.39, 0.29) is 0 Å². The molecule has 0 aromatic rings. The van der Waals surface area contributed by atoms with E-state index >= 15 is 0 Å². The van der Waals surface area contributed by atoms with Gasteiger partial charge in [-0.1, -0.05) is 15.9 Å². The summed E-state index contributed by atoms with van der Waals surface area (Å²) in [5.41, 5.74) is 0.912. The first-order chi connectivity index (χ1) is 4.41. The predicted octanol–water partition coefficient (Wildman–Crippen LogP) is 1.89. The Hall–Kier alpha value is 0.480. The molecule has 1 heteroatoms. The van der Waals surface area contributed by atoms with Crippen LogP contribution in [0.1, 0.15) is 6.42 Å². The lowest BCUT2D eigenvalue weighted by Gasteiger charge is -2.21. The van der Waals surface area contributed by atoms with E-state index in [1.54, 1.807) is 6.42 Å². The summed E-state index contributed by atoms with van der Waals surface area (Å²) < 4.78 is 0. The zero-order valence-electron chi connectivity index (χ0n) is 5.18. The second kappa shape index (κ2) is 0.861. The molecule has 0 nitrogen and oxygen atoms in total. The molecule has 0 saturated heterocycles. The number of alkyl halides is 1. The van der Waals surface area contributed by atoms with Gasteiger partial charge in [-0.25, -0.2) is 0 Å². The van der Waals surface area contributed by atoms with Crippen LogP contribution in [0.15, 0.2) is 0 Å². The number of rotatable bonds is 1. The van der Waals surface area contributed by atoms with Crippen LogP contribution in [0.5, 0.6) is 0 Å². The van der Waals surface area contributed by atoms with Gasteiger partial charge in [0.05, 0.1) is 0 Å². The van der Waals surface area contributed by atoms with Crippen molar-refractivity contribution in [3.05, 3.63) is 0 Å². The fraction of sp³-hybridized carbons (Fsp3) is 1.00. The average molecular weight is 185 g/mol. The fourth-order valence-corrected chi connectivity index (χ4v) is 5.60. The number of halogens is 1. The minimum absolute atomic E-state index is 0.912. The number of hydrogen-bond acceptors (Lipinski definition) is 0. The van der Waals surface area contributed by atoms with Crippen LogP contribution in [0.3, 0.4) is 0 Å². The lowest BCUT2D eigenvalue weighted by Crippen LogP contribution is -2.20. The lowest BCUT2D eigenvalue weighted by molar-refractivity contribution is 0.303. The molecule has 6 unspecified atom stereocenters. The summed E-state index contributed by atoms with van der Waals surface area (Å²) in [4.78, 5) is 0. The van der Waals surface area contributed by atoms with E-state index in [4.69, 9.17) is 0 Å². The summed E-state index contributed by atoms with van der Waals surface area (Å²) in [7, 11) is 0. The summed E-state index contributed by atoms with van der Waals surface area (Å²) in [5, 5.41) is 1.33. The van der Waals surface area contributed by atoms with E-state index in [2.05, 4.69) is 15.9 Å². The van der Waals surface area contributed by atoms with Crippen LogP contribution in [0, 0.1) is 35.0 Å². The molecule has 0 radical (unpaired) electrons. The van der Waals surface area contributed by atoms with E-state index in [0.717, 1.165) is 5.41 Å². The molecule has 5 aliphatic rings. The highest BCUT2D eigenvalue weighted by atomic mass is 79.9. The maximum atomic E-state index is 3.66. The zero-order valence-corrected chi connectivity index (χ0v) is 6.76. The standard InChI is InChI=1S/C8H9Br/c9-2-8-4-1-3-5(6(3)8)7(4)8/h3-7H,1-2H2. The molecule has 0 amide bonds. The molecule has 5 aliphatic carbocycles. The van der Waals surface area contributed by atoms with Crippen LogP contribution >= 0.6 is 15.9 Å². The molecule has 0 aromatic carbocycles. The van der Waals surface area contributed by atoms with Crippen LogP contribution in [-0.2, 0) is 0 Å². The molecular formula is C8H9Br. The Bertz CT molecular complexity index is 192. The summed E-state index contributed by atoms with van der Waals surface area (Å²) in [6.45, 7) is 0. The van der Waals surface area contributed by atoms with Crippen LogP contribution in [0.2, 0.25) is 0 Å². The maximum Gasteiger partial charge on any atom is 0.00964 e. The van der Waals surface area contributed by atoms with Gasteiger partial charge in [0.25, 0.3) is 0 Å². The van der Waals surface area contributed by atoms with Crippen molar-refractivity contribution in [3.63, 3.8) is 0 Å². The van der Waals surface area contributed by atoms with Gasteiger partial charge in [-0.2, -0.15) is 0 Å².